The summed E-state index contributed by atoms with van der Waals surface area (Å²) in [5.74, 6) is -1.20. The van der Waals surface area contributed by atoms with E-state index in [0.717, 1.165) is 0 Å². The van der Waals surface area contributed by atoms with Gasteiger partial charge in [-0.25, -0.2) is 4.79 Å². The molecule has 9 heteroatoms. The monoisotopic (exact) mass is 391 g/mol. The highest BCUT2D eigenvalue weighted by Gasteiger charge is 2.75. The molecule has 0 aromatic rings. The Kier molecular flexibility index (Phi) is 4.10. The van der Waals surface area contributed by atoms with Crippen molar-refractivity contribution in [1.82, 2.24) is 9.80 Å². The fourth-order valence-corrected chi connectivity index (χ4v) is 5.07. The van der Waals surface area contributed by atoms with Crippen LogP contribution in [0.25, 0.3) is 0 Å². The van der Waals surface area contributed by atoms with E-state index in [4.69, 9.17) is 19.9 Å². The maximum absolute atomic E-state index is 13.4. The second-order valence-corrected chi connectivity index (χ2v) is 7.97. The third-order valence-electron chi connectivity index (χ3n) is 6.24. The number of ketones is 2. The molecule has 2 fully saturated rings. The summed E-state index contributed by atoms with van der Waals surface area (Å²) in [4.78, 5) is 41.9. The standard InChI is InChI=1S/C19H25N3O6/c1-8(2)28-16-9(3)14(23)13-12(15(16)24)10(7-27-18(20)25)19(26-5)17-11(21(17)4)6-22(13)19/h8,10-11,17H,6-7H2,1-5H3,(H2,20,25)/t10-,11?,17?,19-,21?/m1/s1. The number of fused-ring (bicyclic) bond motifs is 4. The highest BCUT2D eigenvalue weighted by molar-refractivity contribution is 6.25. The molecule has 0 radical (unpaired) electrons. The van der Waals surface area contributed by atoms with Gasteiger partial charge in [0.25, 0.3) is 0 Å². The molecule has 0 bridgehead atoms. The Balaban J connectivity index is 1.82. The highest BCUT2D eigenvalue weighted by Crippen LogP contribution is 2.59. The molecule has 3 unspecified atom stereocenters. The molecule has 1 aliphatic carbocycles. The number of rotatable bonds is 5. The molecule has 3 heterocycles. The molecule has 3 aliphatic heterocycles. The lowest BCUT2D eigenvalue weighted by atomic mass is 9.83. The summed E-state index contributed by atoms with van der Waals surface area (Å²) in [6.07, 6.45) is -1.20. The number of methoxy groups -OCH3 is 1. The molecule has 0 saturated carbocycles. The molecule has 28 heavy (non-hydrogen) atoms. The summed E-state index contributed by atoms with van der Waals surface area (Å²) in [6, 6.07) is 0.200. The van der Waals surface area contributed by atoms with Crippen LogP contribution in [0.4, 0.5) is 4.79 Å². The van der Waals surface area contributed by atoms with Crippen LogP contribution in [0.5, 0.6) is 0 Å². The lowest BCUT2D eigenvalue weighted by Crippen LogP contribution is -2.55. The van der Waals surface area contributed by atoms with Crippen molar-refractivity contribution in [2.75, 3.05) is 27.3 Å². The van der Waals surface area contributed by atoms with Crippen LogP contribution in [-0.2, 0) is 23.8 Å². The van der Waals surface area contributed by atoms with E-state index in [9.17, 15) is 14.4 Å². The van der Waals surface area contributed by atoms with Crippen LogP contribution in [0.1, 0.15) is 20.8 Å². The second kappa shape index (κ2) is 6.05. The number of ether oxygens (including phenoxy) is 3. The van der Waals surface area contributed by atoms with Gasteiger partial charge in [-0.1, -0.05) is 0 Å². The summed E-state index contributed by atoms with van der Waals surface area (Å²) in [7, 11) is 3.52. The Labute approximate surface area is 163 Å². The molecule has 4 aliphatic rings. The lowest BCUT2D eigenvalue weighted by Gasteiger charge is -2.40. The SMILES string of the molecule is CO[C@]12C3C(CN1C1=C(C(=O)C(OC(C)C)=C(C)C1=O)[C@H]2COC(N)=O)N3C. The number of hydrogen-bond acceptors (Lipinski definition) is 8. The first-order chi connectivity index (χ1) is 13.2. The van der Waals surface area contributed by atoms with Gasteiger partial charge in [-0.2, -0.15) is 0 Å². The van der Waals surface area contributed by atoms with E-state index in [2.05, 4.69) is 4.90 Å². The maximum atomic E-state index is 13.4. The van der Waals surface area contributed by atoms with Gasteiger partial charge < -0.3 is 24.8 Å². The quantitative estimate of drug-likeness (QED) is 0.521. The summed E-state index contributed by atoms with van der Waals surface area (Å²) in [6.45, 7) is 5.61. The first kappa shape index (κ1) is 18.9. The molecule has 0 aromatic carbocycles. The number of carbonyl (C=O) groups excluding carboxylic acids is 3. The van der Waals surface area contributed by atoms with Crippen molar-refractivity contribution in [3.05, 3.63) is 22.6 Å². The average Bonchev–Trinajstić information content (AvgIpc) is 3.01. The molecule has 4 rings (SSSR count). The van der Waals surface area contributed by atoms with Gasteiger partial charge in [0.1, 0.15) is 6.61 Å². The lowest BCUT2D eigenvalue weighted by molar-refractivity contribution is -0.144. The van der Waals surface area contributed by atoms with Crippen molar-refractivity contribution in [2.45, 2.75) is 44.7 Å². The predicted octanol–water partition coefficient (Wildman–Crippen LogP) is 0.157. The third-order valence-corrected chi connectivity index (χ3v) is 6.24. The number of Topliss-reactive ketones (excluding diaryl/α,β-unsaturated/α-hetero) is 2. The largest absolute Gasteiger partial charge is 0.486 e. The molecular formula is C19H25N3O6. The van der Waals surface area contributed by atoms with E-state index < -0.39 is 17.7 Å². The number of nitrogens with two attached hydrogens (primary N) is 1. The average molecular weight is 391 g/mol. The van der Waals surface area contributed by atoms with E-state index in [-0.39, 0.29) is 53.3 Å². The highest BCUT2D eigenvalue weighted by atomic mass is 16.6. The number of likely N-dealkylation sites (N-methyl/N-ethyl adjacent to an activating group) is 1. The fraction of sp³-hybridized carbons (Fsp3) is 0.632. The van der Waals surface area contributed by atoms with Crippen molar-refractivity contribution in [1.29, 1.82) is 0 Å². The Hall–Kier alpha value is -2.39. The Bertz CT molecular complexity index is 847. The van der Waals surface area contributed by atoms with Gasteiger partial charge in [0.2, 0.25) is 11.6 Å². The number of carbonyl (C=O) groups is 3. The number of hydrogen-bond donors (Lipinski definition) is 1. The van der Waals surface area contributed by atoms with Crippen molar-refractivity contribution in [2.24, 2.45) is 11.7 Å². The molecule has 0 aromatic heterocycles. The van der Waals surface area contributed by atoms with Crippen LogP contribution in [0.3, 0.4) is 0 Å². The van der Waals surface area contributed by atoms with Crippen LogP contribution in [0, 0.1) is 5.92 Å². The van der Waals surface area contributed by atoms with E-state index in [1.54, 1.807) is 27.9 Å². The van der Waals surface area contributed by atoms with E-state index >= 15 is 0 Å². The molecule has 5 atom stereocenters. The molecule has 1 amide bonds. The van der Waals surface area contributed by atoms with Gasteiger partial charge in [-0.15, -0.1) is 0 Å². The number of allylic oxidation sites excluding steroid dienone is 2. The smallest absolute Gasteiger partial charge is 0.404 e. The van der Waals surface area contributed by atoms with Crippen molar-refractivity contribution >= 4 is 17.7 Å². The van der Waals surface area contributed by atoms with E-state index in [1.165, 1.54) is 0 Å². The number of primary amides is 1. The maximum Gasteiger partial charge on any atom is 0.404 e. The van der Waals surface area contributed by atoms with Crippen LogP contribution in [0.2, 0.25) is 0 Å². The first-order valence-electron chi connectivity index (χ1n) is 9.34. The zero-order valence-electron chi connectivity index (χ0n) is 16.6. The number of nitrogens with zero attached hydrogens (tertiary/aromatic N) is 2. The molecule has 2 saturated heterocycles. The van der Waals surface area contributed by atoms with Crippen LogP contribution in [0.15, 0.2) is 22.6 Å². The molecular weight excluding hydrogens is 366 g/mol. The van der Waals surface area contributed by atoms with Crippen LogP contribution < -0.4 is 5.73 Å². The Morgan fingerprint density at radius 1 is 1.32 bits per heavy atom. The van der Waals surface area contributed by atoms with Crippen molar-refractivity contribution in [3.63, 3.8) is 0 Å². The predicted molar refractivity (Wildman–Crippen MR) is 96.8 cm³/mol. The molecule has 152 valence electrons. The minimum absolute atomic E-state index is 0.0139. The fourth-order valence-electron chi connectivity index (χ4n) is 5.07. The van der Waals surface area contributed by atoms with Gasteiger partial charge in [0.15, 0.2) is 11.5 Å². The van der Waals surface area contributed by atoms with E-state index in [1.807, 2.05) is 11.9 Å². The molecule has 9 nitrogen and oxygen atoms in total. The normalized spacial score (nSPS) is 36.0. The summed E-state index contributed by atoms with van der Waals surface area (Å²) in [5.41, 5.74) is 5.12. The second-order valence-electron chi connectivity index (χ2n) is 7.97. The molecule has 0 spiro atoms. The zero-order chi connectivity index (χ0) is 20.5. The summed E-state index contributed by atoms with van der Waals surface area (Å²) < 4.78 is 16.8. The molecule has 2 N–H and O–H groups in total. The van der Waals surface area contributed by atoms with Gasteiger partial charge in [-0.05, 0) is 27.8 Å². The van der Waals surface area contributed by atoms with Crippen LogP contribution in [-0.4, -0.2) is 78.7 Å². The first-order valence-corrected chi connectivity index (χ1v) is 9.34. The minimum Gasteiger partial charge on any atom is -0.486 e. The third kappa shape index (κ3) is 2.23. The summed E-state index contributed by atoms with van der Waals surface area (Å²) >= 11 is 0. The zero-order valence-corrected chi connectivity index (χ0v) is 16.6. The minimum atomic E-state index is -0.960. The van der Waals surface area contributed by atoms with Gasteiger partial charge in [0, 0.05) is 30.8 Å². The van der Waals surface area contributed by atoms with Gasteiger partial charge in [0.05, 0.1) is 23.8 Å². The van der Waals surface area contributed by atoms with Gasteiger partial charge >= 0.3 is 6.09 Å². The van der Waals surface area contributed by atoms with Crippen LogP contribution >= 0.6 is 0 Å². The van der Waals surface area contributed by atoms with Crippen molar-refractivity contribution in [3.8, 4) is 0 Å². The number of piperazine rings is 1. The Morgan fingerprint density at radius 3 is 2.57 bits per heavy atom. The summed E-state index contributed by atoms with van der Waals surface area (Å²) in [5, 5.41) is 0. The van der Waals surface area contributed by atoms with Gasteiger partial charge in [-0.3, -0.25) is 14.5 Å². The van der Waals surface area contributed by atoms with E-state index in [0.29, 0.717) is 12.2 Å². The topological polar surface area (TPSA) is 111 Å². The van der Waals surface area contributed by atoms with Crippen molar-refractivity contribution < 1.29 is 28.6 Å². The number of amides is 1. The Morgan fingerprint density at radius 2 is 2.00 bits per heavy atom.